The molecule has 0 radical (unpaired) electrons. The summed E-state index contributed by atoms with van der Waals surface area (Å²) in [6, 6.07) is 4.92. The highest BCUT2D eigenvalue weighted by Crippen LogP contribution is 2.32. The SMILES string of the molecule is O=C(O)c1cn(-c2ccccc2[N+](=O)[O-])nc1C(F)(F)F. The maximum absolute atomic E-state index is 12.7. The molecule has 0 atom stereocenters. The number of rotatable bonds is 3. The van der Waals surface area contributed by atoms with Gasteiger partial charge in [-0.15, -0.1) is 0 Å². The zero-order valence-corrected chi connectivity index (χ0v) is 10.0. The number of carbonyl (C=O) groups is 1. The molecule has 2 rings (SSSR count). The van der Waals surface area contributed by atoms with E-state index in [0.717, 1.165) is 12.1 Å². The van der Waals surface area contributed by atoms with Crippen LogP contribution in [-0.2, 0) is 6.18 Å². The number of carboxylic acids is 1. The first kappa shape index (κ1) is 14.5. The van der Waals surface area contributed by atoms with Gasteiger partial charge in [0, 0.05) is 12.3 Å². The van der Waals surface area contributed by atoms with Crippen molar-refractivity contribution in [2.75, 3.05) is 0 Å². The largest absolute Gasteiger partial charge is 0.478 e. The van der Waals surface area contributed by atoms with Gasteiger partial charge in [-0.1, -0.05) is 12.1 Å². The normalized spacial score (nSPS) is 11.4. The monoisotopic (exact) mass is 301 g/mol. The van der Waals surface area contributed by atoms with E-state index >= 15 is 0 Å². The average Bonchev–Trinajstić information content (AvgIpc) is 2.83. The molecule has 1 aromatic heterocycles. The van der Waals surface area contributed by atoms with E-state index in [1.165, 1.54) is 12.1 Å². The molecule has 21 heavy (non-hydrogen) atoms. The number of benzene rings is 1. The number of nitro groups is 1. The first-order chi connectivity index (χ1) is 9.71. The number of halogens is 3. The molecule has 2 aromatic rings. The van der Waals surface area contributed by atoms with Crippen LogP contribution in [0.25, 0.3) is 5.69 Å². The van der Waals surface area contributed by atoms with Crippen LogP contribution in [0.15, 0.2) is 30.5 Å². The highest BCUT2D eigenvalue weighted by atomic mass is 19.4. The van der Waals surface area contributed by atoms with Crippen LogP contribution in [0.4, 0.5) is 18.9 Å². The Morgan fingerprint density at radius 2 is 1.95 bits per heavy atom. The maximum Gasteiger partial charge on any atom is 0.436 e. The minimum atomic E-state index is -4.98. The van der Waals surface area contributed by atoms with Gasteiger partial charge in [0.15, 0.2) is 5.69 Å². The number of aromatic carboxylic acids is 1. The molecule has 0 saturated heterocycles. The lowest BCUT2D eigenvalue weighted by Crippen LogP contribution is -2.12. The van der Waals surface area contributed by atoms with Crippen molar-refractivity contribution in [3.63, 3.8) is 0 Å². The number of nitrogens with zero attached hydrogens (tertiary/aromatic N) is 3. The summed E-state index contributed by atoms with van der Waals surface area (Å²) < 4.78 is 38.7. The summed E-state index contributed by atoms with van der Waals surface area (Å²) in [5.41, 5.74) is -3.46. The summed E-state index contributed by atoms with van der Waals surface area (Å²) >= 11 is 0. The smallest absolute Gasteiger partial charge is 0.436 e. The van der Waals surface area contributed by atoms with Crippen LogP contribution in [0.1, 0.15) is 16.1 Å². The molecule has 1 heterocycles. The van der Waals surface area contributed by atoms with Crippen molar-refractivity contribution in [2.24, 2.45) is 0 Å². The van der Waals surface area contributed by atoms with E-state index in [9.17, 15) is 28.1 Å². The van der Waals surface area contributed by atoms with Crippen LogP contribution in [-0.4, -0.2) is 25.8 Å². The van der Waals surface area contributed by atoms with E-state index in [0.29, 0.717) is 10.9 Å². The molecular formula is C11H6F3N3O4. The van der Waals surface area contributed by atoms with Gasteiger partial charge in [-0.25, -0.2) is 9.48 Å². The Labute approximate surface area is 114 Å². The third-order valence-electron chi connectivity index (χ3n) is 2.54. The predicted molar refractivity (Wildman–Crippen MR) is 62.2 cm³/mol. The number of carboxylic acid groups (broad SMARTS) is 1. The summed E-state index contributed by atoms with van der Waals surface area (Å²) in [5, 5.41) is 22.7. The van der Waals surface area contributed by atoms with Crippen molar-refractivity contribution in [3.05, 3.63) is 51.8 Å². The third kappa shape index (κ3) is 2.68. The van der Waals surface area contributed by atoms with Crippen LogP contribution in [0.3, 0.4) is 0 Å². The van der Waals surface area contributed by atoms with Gasteiger partial charge in [0.2, 0.25) is 0 Å². The van der Waals surface area contributed by atoms with E-state index in [1.807, 2.05) is 0 Å². The van der Waals surface area contributed by atoms with E-state index in [1.54, 1.807) is 0 Å². The number of alkyl halides is 3. The summed E-state index contributed by atoms with van der Waals surface area (Å²) in [6.07, 6.45) is -4.39. The number of nitro benzene ring substituents is 1. The summed E-state index contributed by atoms with van der Waals surface area (Å²) in [6.45, 7) is 0. The van der Waals surface area contributed by atoms with Gasteiger partial charge in [0.25, 0.3) is 5.69 Å². The number of hydrogen-bond donors (Lipinski definition) is 1. The van der Waals surface area contributed by atoms with E-state index < -0.39 is 34.0 Å². The van der Waals surface area contributed by atoms with Gasteiger partial charge in [-0.2, -0.15) is 18.3 Å². The van der Waals surface area contributed by atoms with Crippen molar-refractivity contribution < 1.29 is 28.0 Å². The molecule has 110 valence electrons. The molecule has 0 spiro atoms. The van der Waals surface area contributed by atoms with Gasteiger partial charge in [-0.3, -0.25) is 10.1 Å². The van der Waals surface area contributed by atoms with Crippen LogP contribution >= 0.6 is 0 Å². The van der Waals surface area contributed by atoms with Crippen molar-refractivity contribution >= 4 is 11.7 Å². The quantitative estimate of drug-likeness (QED) is 0.693. The van der Waals surface area contributed by atoms with E-state index in [4.69, 9.17) is 5.11 Å². The Balaban J connectivity index is 2.67. The van der Waals surface area contributed by atoms with Gasteiger partial charge >= 0.3 is 12.1 Å². The average molecular weight is 301 g/mol. The standard InChI is InChI=1S/C11H6F3N3O4/c12-11(13,14)9-6(10(18)19)5-16(15-9)7-3-1-2-4-8(7)17(20)21/h1-5H,(H,18,19). The molecule has 1 N–H and O–H groups in total. The summed E-state index contributed by atoms with van der Waals surface area (Å²) in [5.74, 6) is -1.83. The minimum Gasteiger partial charge on any atom is -0.478 e. The van der Waals surface area contributed by atoms with Crippen molar-refractivity contribution in [1.29, 1.82) is 0 Å². The van der Waals surface area contributed by atoms with Crippen LogP contribution in [0, 0.1) is 10.1 Å². The number of para-hydroxylation sites is 2. The van der Waals surface area contributed by atoms with Gasteiger partial charge in [0.05, 0.1) is 4.92 Å². The molecule has 0 aliphatic heterocycles. The van der Waals surface area contributed by atoms with E-state index in [2.05, 4.69) is 5.10 Å². The Morgan fingerprint density at radius 1 is 1.33 bits per heavy atom. The first-order valence-corrected chi connectivity index (χ1v) is 5.35. The molecule has 1 aromatic carbocycles. The van der Waals surface area contributed by atoms with Crippen molar-refractivity contribution in [3.8, 4) is 5.69 Å². The molecule has 0 fully saturated rings. The van der Waals surface area contributed by atoms with Crippen LogP contribution < -0.4 is 0 Å². The second-order valence-corrected chi connectivity index (χ2v) is 3.88. The van der Waals surface area contributed by atoms with Gasteiger partial charge in [0.1, 0.15) is 11.3 Å². The van der Waals surface area contributed by atoms with Crippen LogP contribution in [0.5, 0.6) is 0 Å². The second kappa shape index (κ2) is 4.89. The Bertz CT molecular complexity index is 724. The fraction of sp³-hybridized carbons (Fsp3) is 0.0909. The summed E-state index contributed by atoms with van der Waals surface area (Å²) in [4.78, 5) is 20.9. The van der Waals surface area contributed by atoms with Gasteiger partial charge < -0.3 is 5.11 Å². The predicted octanol–water partition coefficient (Wildman–Crippen LogP) is 2.50. The molecule has 10 heteroatoms. The molecule has 0 saturated carbocycles. The topological polar surface area (TPSA) is 98.3 Å². The fourth-order valence-corrected chi connectivity index (χ4v) is 1.68. The zero-order chi connectivity index (χ0) is 15.8. The molecule has 0 amide bonds. The third-order valence-corrected chi connectivity index (χ3v) is 2.54. The van der Waals surface area contributed by atoms with Crippen molar-refractivity contribution in [1.82, 2.24) is 9.78 Å². The lowest BCUT2D eigenvalue weighted by Gasteiger charge is -2.03. The maximum atomic E-state index is 12.7. The number of aromatic nitrogens is 2. The lowest BCUT2D eigenvalue weighted by molar-refractivity contribution is -0.384. The minimum absolute atomic E-state index is 0.263. The van der Waals surface area contributed by atoms with Crippen LogP contribution in [0.2, 0.25) is 0 Å². The molecule has 0 aliphatic carbocycles. The molecular weight excluding hydrogens is 295 g/mol. The van der Waals surface area contributed by atoms with Gasteiger partial charge in [-0.05, 0) is 6.07 Å². The lowest BCUT2D eigenvalue weighted by atomic mass is 10.2. The second-order valence-electron chi connectivity index (χ2n) is 3.88. The molecule has 0 aliphatic rings. The first-order valence-electron chi connectivity index (χ1n) is 5.35. The Hall–Kier alpha value is -2.91. The van der Waals surface area contributed by atoms with E-state index in [-0.39, 0.29) is 5.69 Å². The summed E-state index contributed by atoms with van der Waals surface area (Å²) in [7, 11) is 0. The molecule has 0 bridgehead atoms. The zero-order valence-electron chi connectivity index (χ0n) is 10.0. The Morgan fingerprint density at radius 3 is 2.43 bits per heavy atom. The molecule has 0 unspecified atom stereocenters. The fourth-order valence-electron chi connectivity index (χ4n) is 1.68. The van der Waals surface area contributed by atoms with Crippen molar-refractivity contribution in [2.45, 2.75) is 6.18 Å². The Kier molecular flexibility index (Phi) is 3.37. The molecule has 7 nitrogen and oxygen atoms in total. The number of hydrogen-bond acceptors (Lipinski definition) is 4. The highest BCUT2D eigenvalue weighted by molar-refractivity contribution is 5.89. The highest BCUT2D eigenvalue weighted by Gasteiger charge is 2.39.